The Morgan fingerprint density at radius 1 is 1.34 bits per heavy atom. The highest BCUT2D eigenvalue weighted by molar-refractivity contribution is 9.10. The van der Waals surface area contributed by atoms with Crippen molar-refractivity contribution in [3.05, 3.63) is 49.8 Å². The Morgan fingerprint density at radius 3 is 2.83 bits per heavy atom. The minimum Gasteiger partial charge on any atom is -0.493 e. The largest absolute Gasteiger partial charge is 0.493 e. The average molecular weight is 479 g/mol. The van der Waals surface area contributed by atoms with Gasteiger partial charge in [0.2, 0.25) is 0 Å². The molecule has 3 rings (SSSR count). The van der Waals surface area contributed by atoms with E-state index in [1.807, 2.05) is 13.0 Å². The lowest BCUT2D eigenvalue weighted by Crippen LogP contribution is -2.29. The Balaban J connectivity index is 1.70. The van der Waals surface area contributed by atoms with Crippen LogP contribution >= 0.6 is 27.3 Å². The number of nitrogens with one attached hydrogen (secondary N) is 1. The number of aryl methyl sites for hydroxylation is 1. The number of hydrogen-bond donors (Lipinski definition) is 1. The van der Waals surface area contributed by atoms with Gasteiger partial charge in [-0.05, 0) is 46.1 Å². The van der Waals surface area contributed by atoms with Gasteiger partial charge in [0.15, 0.2) is 11.5 Å². The maximum absolute atomic E-state index is 12.5. The second-order valence-electron chi connectivity index (χ2n) is 5.99. The molecule has 8 nitrogen and oxygen atoms in total. The van der Waals surface area contributed by atoms with Crippen LogP contribution in [0, 0.1) is 0 Å². The van der Waals surface area contributed by atoms with E-state index in [2.05, 4.69) is 31.4 Å². The number of hydrogen-bond acceptors (Lipinski definition) is 7. The molecule has 0 bridgehead atoms. The van der Waals surface area contributed by atoms with Crippen LogP contribution in [0.15, 0.2) is 38.9 Å². The van der Waals surface area contributed by atoms with E-state index >= 15 is 0 Å². The predicted molar refractivity (Wildman–Crippen MR) is 116 cm³/mol. The fourth-order valence-electron chi connectivity index (χ4n) is 2.68. The zero-order valence-corrected chi connectivity index (χ0v) is 18.5. The predicted octanol–water partition coefficient (Wildman–Crippen LogP) is 2.95. The molecule has 0 atom stereocenters. The van der Waals surface area contributed by atoms with Gasteiger partial charge in [0.1, 0.15) is 11.4 Å². The number of aromatic nitrogens is 2. The molecule has 2 heterocycles. The Morgan fingerprint density at radius 2 is 2.14 bits per heavy atom. The number of fused-ring (bicyclic) bond motifs is 1. The van der Waals surface area contributed by atoms with E-state index in [1.165, 1.54) is 35.6 Å². The van der Waals surface area contributed by atoms with Gasteiger partial charge in [0, 0.05) is 4.88 Å². The van der Waals surface area contributed by atoms with Crippen molar-refractivity contribution in [1.82, 2.24) is 15.0 Å². The zero-order valence-electron chi connectivity index (χ0n) is 16.1. The molecule has 1 amide bonds. The number of carbonyl (C=O) groups excluding carboxylic acids is 1. The molecule has 1 aromatic carbocycles. The smallest absolute Gasteiger partial charge is 0.262 e. The first kappa shape index (κ1) is 21.0. The molecular weight excluding hydrogens is 460 g/mol. The molecule has 1 N–H and O–H groups in total. The summed E-state index contributed by atoms with van der Waals surface area (Å²) in [6, 6.07) is 5.33. The molecule has 3 aromatic rings. The minimum absolute atomic E-state index is 0.175. The summed E-state index contributed by atoms with van der Waals surface area (Å²) in [7, 11) is 3.08. The number of thiophene rings is 1. The summed E-state index contributed by atoms with van der Waals surface area (Å²) in [4.78, 5) is 30.7. The molecule has 0 fully saturated rings. The van der Waals surface area contributed by atoms with Crippen molar-refractivity contribution in [3.63, 3.8) is 0 Å². The highest BCUT2D eigenvalue weighted by atomic mass is 79.9. The third-order valence-electron chi connectivity index (χ3n) is 4.09. The van der Waals surface area contributed by atoms with Crippen molar-refractivity contribution in [2.75, 3.05) is 14.2 Å². The van der Waals surface area contributed by atoms with Gasteiger partial charge < -0.3 is 9.47 Å². The molecule has 0 aliphatic rings. The number of nitrogens with zero attached hydrogens (tertiary/aromatic N) is 3. The minimum atomic E-state index is -0.435. The standard InChI is InChI=1S/C19H19BrN4O4S/c1-4-12-7-13-18(29-12)21-10-24(19(13)26)9-16(25)23-22-8-11-5-14(20)17(28-3)15(6-11)27-2/h5-8,10H,4,9H2,1-3H3,(H,23,25)/b22-8-. The van der Waals surface area contributed by atoms with Crippen LogP contribution in [-0.2, 0) is 17.8 Å². The number of amides is 1. The van der Waals surface area contributed by atoms with Gasteiger partial charge in [0.25, 0.3) is 11.5 Å². The fraction of sp³-hybridized carbons (Fsp3) is 0.263. The number of rotatable bonds is 7. The first-order valence-electron chi connectivity index (χ1n) is 8.68. The number of carbonyl (C=O) groups is 1. The van der Waals surface area contributed by atoms with E-state index in [-0.39, 0.29) is 12.1 Å². The monoisotopic (exact) mass is 478 g/mol. The quantitative estimate of drug-likeness (QED) is 0.416. The molecule has 152 valence electrons. The maximum atomic E-state index is 12.5. The molecule has 10 heteroatoms. The summed E-state index contributed by atoms with van der Waals surface area (Å²) in [5, 5.41) is 4.47. The molecule has 0 saturated carbocycles. The van der Waals surface area contributed by atoms with Crippen LogP contribution in [0.5, 0.6) is 11.5 Å². The van der Waals surface area contributed by atoms with E-state index in [0.29, 0.717) is 31.8 Å². The molecule has 0 saturated heterocycles. The topological polar surface area (TPSA) is 94.8 Å². The number of ether oxygens (including phenoxy) is 2. The Hall–Kier alpha value is -2.72. The van der Waals surface area contributed by atoms with E-state index in [0.717, 1.165) is 11.3 Å². The summed E-state index contributed by atoms with van der Waals surface area (Å²) in [6.45, 7) is 1.84. The highest BCUT2D eigenvalue weighted by Gasteiger charge is 2.11. The van der Waals surface area contributed by atoms with Crippen molar-refractivity contribution in [2.45, 2.75) is 19.9 Å². The summed E-state index contributed by atoms with van der Waals surface area (Å²) in [6.07, 6.45) is 3.69. The molecule has 29 heavy (non-hydrogen) atoms. The molecule has 0 spiro atoms. The van der Waals surface area contributed by atoms with Crippen LogP contribution in [-0.4, -0.2) is 35.9 Å². The van der Waals surface area contributed by atoms with Gasteiger partial charge in [-0.25, -0.2) is 10.4 Å². The number of halogens is 1. The van der Waals surface area contributed by atoms with Gasteiger partial charge in [-0.2, -0.15) is 5.10 Å². The average Bonchev–Trinajstić information content (AvgIpc) is 3.14. The van der Waals surface area contributed by atoms with E-state index in [1.54, 1.807) is 19.2 Å². The van der Waals surface area contributed by atoms with E-state index in [9.17, 15) is 9.59 Å². The lowest BCUT2D eigenvalue weighted by atomic mass is 10.2. The van der Waals surface area contributed by atoms with E-state index < -0.39 is 5.91 Å². The molecule has 0 unspecified atom stereocenters. The molecular formula is C19H19BrN4O4S. The SMILES string of the molecule is CCc1cc2c(=O)n(CC(=O)N/N=C\c3cc(Br)c(OC)c(OC)c3)cnc2s1. The fourth-order valence-corrected chi connectivity index (χ4v) is 4.22. The molecule has 0 aliphatic carbocycles. The van der Waals surface area contributed by atoms with Crippen LogP contribution in [0.2, 0.25) is 0 Å². The summed E-state index contributed by atoms with van der Waals surface area (Å²) >= 11 is 4.89. The van der Waals surface area contributed by atoms with Crippen molar-refractivity contribution < 1.29 is 14.3 Å². The maximum Gasteiger partial charge on any atom is 0.262 e. The van der Waals surface area contributed by atoms with E-state index in [4.69, 9.17) is 9.47 Å². The second-order valence-corrected chi connectivity index (χ2v) is 7.96. The van der Waals surface area contributed by atoms with Crippen LogP contribution in [0.3, 0.4) is 0 Å². The van der Waals surface area contributed by atoms with Gasteiger partial charge in [-0.3, -0.25) is 14.2 Å². The second kappa shape index (κ2) is 9.19. The molecule has 0 radical (unpaired) electrons. The van der Waals surface area contributed by atoms with Crippen molar-refractivity contribution in [2.24, 2.45) is 5.10 Å². The Labute approximate surface area is 179 Å². The summed E-state index contributed by atoms with van der Waals surface area (Å²) < 4.78 is 12.5. The Bertz CT molecular complexity index is 1140. The van der Waals surface area contributed by atoms with Crippen LogP contribution in [0.4, 0.5) is 0 Å². The lowest BCUT2D eigenvalue weighted by molar-refractivity contribution is -0.121. The Kier molecular flexibility index (Phi) is 6.65. The van der Waals surface area contributed by atoms with Crippen molar-refractivity contribution in [3.8, 4) is 11.5 Å². The normalized spacial score (nSPS) is 11.2. The first-order chi connectivity index (χ1) is 14.0. The van der Waals surface area contributed by atoms with Crippen LogP contribution < -0.4 is 20.5 Å². The third-order valence-corrected chi connectivity index (χ3v) is 5.87. The summed E-state index contributed by atoms with van der Waals surface area (Å²) in [5.41, 5.74) is 2.87. The van der Waals surface area contributed by atoms with Gasteiger partial charge >= 0.3 is 0 Å². The zero-order chi connectivity index (χ0) is 21.0. The van der Waals surface area contributed by atoms with Crippen molar-refractivity contribution >= 4 is 49.6 Å². The molecule has 0 aliphatic heterocycles. The summed E-state index contributed by atoms with van der Waals surface area (Å²) in [5.74, 6) is 0.661. The third kappa shape index (κ3) is 4.65. The van der Waals surface area contributed by atoms with Crippen molar-refractivity contribution in [1.29, 1.82) is 0 Å². The van der Waals surface area contributed by atoms with Crippen LogP contribution in [0.1, 0.15) is 17.4 Å². The van der Waals surface area contributed by atoms with Gasteiger partial charge in [-0.1, -0.05) is 6.92 Å². The molecule has 2 aromatic heterocycles. The highest BCUT2D eigenvalue weighted by Crippen LogP contribution is 2.35. The lowest BCUT2D eigenvalue weighted by Gasteiger charge is -2.10. The first-order valence-corrected chi connectivity index (χ1v) is 10.3. The van der Waals surface area contributed by atoms with Gasteiger partial charge in [-0.15, -0.1) is 11.3 Å². The number of methoxy groups -OCH3 is 2. The van der Waals surface area contributed by atoms with Gasteiger partial charge in [0.05, 0.1) is 36.6 Å². The number of benzene rings is 1. The van der Waals surface area contributed by atoms with Crippen LogP contribution in [0.25, 0.3) is 10.2 Å². The number of hydrazone groups is 1.